The van der Waals surface area contributed by atoms with E-state index < -0.39 is 48.6 Å². The van der Waals surface area contributed by atoms with E-state index >= 15 is 0 Å². The molecule has 1 aliphatic rings. The summed E-state index contributed by atoms with van der Waals surface area (Å²) in [6.45, 7) is -1.21. The number of hydrogen-bond donors (Lipinski definition) is 3. The van der Waals surface area contributed by atoms with Gasteiger partial charge in [-0.25, -0.2) is 13.6 Å². The number of rotatable bonds is 8. The first-order valence-electron chi connectivity index (χ1n) is 12.6. The highest BCUT2D eigenvalue weighted by atomic mass is 35.5. The van der Waals surface area contributed by atoms with Crippen LogP contribution in [0, 0.1) is 5.82 Å². The molecule has 9 nitrogen and oxygen atoms in total. The number of anilines is 1. The monoisotopic (exact) mass is 613 g/mol. The van der Waals surface area contributed by atoms with Crippen LogP contribution in [-0.2, 0) is 22.7 Å². The van der Waals surface area contributed by atoms with Crippen molar-refractivity contribution in [2.24, 2.45) is 0 Å². The van der Waals surface area contributed by atoms with Crippen molar-refractivity contribution in [1.29, 1.82) is 0 Å². The molecule has 0 radical (unpaired) electrons. The summed E-state index contributed by atoms with van der Waals surface area (Å²) in [6, 6.07) is 6.23. The van der Waals surface area contributed by atoms with Gasteiger partial charge in [0.05, 0.1) is 11.6 Å². The van der Waals surface area contributed by atoms with Gasteiger partial charge in [0.15, 0.2) is 5.78 Å². The van der Waals surface area contributed by atoms with Crippen molar-refractivity contribution in [2.75, 3.05) is 18.4 Å². The van der Waals surface area contributed by atoms with Gasteiger partial charge in [0, 0.05) is 46.9 Å². The Bertz CT molecular complexity index is 1540. The van der Waals surface area contributed by atoms with Crippen molar-refractivity contribution in [3.63, 3.8) is 0 Å². The number of fused-ring (bicyclic) bond motifs is 1. The third-order valence-corrected chi connectivity index (χ3v) is 6.92. The fraction of sp³-hybridized carbons (Fsp3) is 0.333. The van der Waals surface area contributed by atoms with E-state index in [1.165, 1.54) is 54.1 Å². The molecule has 42 heavy (non-hydrogen) atoms. The van der Waals surface area contributed by atoms with Crippen LogP contribution in [0.4, 0.5) is 32.4 Å². The summed E-state index contributed by atoms with van der Waals surface area (Å²) in [4.78, 5) is 51.4. The zero-order chi connectivity index (χ0) is 30.8. The number of amides is 4. The van der Waals surface area contributed by atoms with Gasteiger partial charge < -0.3 is 25.4 Å². The molecule has 2 aromatic carbocycles. The lowest BCUT2D eigenvalue weighted by molar-refractivity contribution is -0.139. The maximum Gasteiger partial charge on any atom is 0.405 e. The molecule has 2 heterocycles. The summed E-state index contributed by atoms with van der Waals surface area (Å²) in [5.74, 6) is -2.39. The fourth-order valence-corrected chi connectivity index (χ4v) is 4.87. The van der Waals surface area contributed by atoms with Gasteiger partial charge in [-0.1, -0.05) is 23.7 Å². The Morgan fingerprint density at radius 3 is 2.52 bits per heavy atom. The Kier molecular flexibility index (Phi) is 9.04. The molecule has 4 rings (SSSR count). The highest BCUT2D eigenvalue weighted by molar-refractivity contribution is 6.30. The van der Waals surface area contributed by atoms with Crippen LogP contribution in [0.3, 0.4) is 0 Å². The van der Waals surface area contributed by atoms with Gasteiger partial charge in [-0.15, -0.1) is 0 Å². The topological polar surface area (TPSA) is 113 Å². The predicted octanol–water partition coefficient (Wildman–Crippen LogP) is 4.58. The Labute approximate surface area is 241 Å². The summed E-state index contributed by atoms with van der Waals surface area (Å²) in [7, 11) is 0. The number of aromatic nitrogens is 1. The molecule has 3 N–H and O–H groups in total. The second-order valence-electron chi connectivity index (χ2n) is 9.71. The highest BCUT2D eigenvalue weighted by Gasteiger charge is 2.40. The van der Waals surface area contributed by atoms with E-state index in [9.17, 15) is 41.1 Å². The van der Waals surface area contributed by atoms with Crippen molar-refractivity contribution >= 4 is 51.8 Å². The van der Waals surface area contributed by atoms with Crippen LogP contribution in [0.5, 0.6) is 0 Å². The van der Waals surface area contributed by atoms with Crippen LogP contribution < -0.4 is 16.0 Å². The normalized spacial score (nSPS) is 16.9. The maximum atomic E-state index is 14.4. The van der Waals surface area contributed by atoms with Crippen LogP contribution in [-0.4, -0.2) is 64.6 Å². The molecule has 1 saturated heterocycles. The third kappa shape index (κ3) is 7.16. The molecule has 3 aromatic rings. The predicted molar refractivity (Wildman–Crippen MR) is 143 cm³/mol. The number of nitrogens with one attached hydrogen (secondary N) is 3. The highest BCUT2D eigenvalue weighted by Crippen LogP contribution is 2.27. The van der Waals surface area contributed by atoms with Crippen LogP contribution in [0.1, 0.15) is 29.3 Å². The summed E-state index contributed by atoms with van der Waals surface area (Å²) in [6.07, 6.45) is -4.94. The molecular formula is C27H25ClF5N5O4. The summed E-state index contributed by atoms with van der Waals surface area (Å²) >= 11 is 5.77. The molecule has 224 valence electrons. The van der Waals surface area contributed by atoms with Gasteiger partial charge in [-0.2, -0.15) is 13.2 Å². The molecule has 0 saturated carbocycles. The number of carbonyl (C=O) groups excluding carboxylic acids is 4. The first-order chi connectivity index (χ1) is 19.7. The first kappa shape index (κ1) is 30.8. The van der Waals surface area contributed by atoms with Crippen molar-refractivity contribution < 1.29 is 41.1 Å². The number of carbonyl (C=O) groups is 4. The number of nitrogens with zero attached hydrogens (tertiary/aromatic N) is 2. The van der Waals surface area contributed by atoms with Crippen molar-refractivity contribution in [2.45, 2.75) is 44.8 Å². The Hall–Kier alpha value is -4.20. The van der Waals surface area contributed by atoms with E-state index in [-0.39, 0.29) is 53.7 Å². The Morgan fingerprint density at radius 1 is 1.10 bits per heavy atom. The van der Waals surface area contributed by atoms with E-state index in [1.54, 1.807) is 5.32 Å². The van der Waals surface area contributed by atoms with Gasteiger partial charge >= 0.3 is 12.2 Å². The number of likely N-dealkylation sites (tertiary alicyclic amines) is 1. The zero-order valence-corrected chi connectivity index (χ0v) is 22.8. The molecule has 0 bridgehead atoms. The molecule has 15 heteroatoms. The number of halogens is 6. The van der Waals surface area contributed by atoms with Gasteiger partial charge in [0.1, 0.15) is 31.1 Å². The first-order valence-corrected chi connectivity index (χ1v) is 13.0. The molecule has 4 amide bonds. The van der Waals surface area contributed by atoms with E-state index in [0.29, 0.717) is 10.9 Å². The lowest BCUT2D eigenvalue weighted by Gasteiger charge is -2.24. The second kappa shape index (κ2) is 12.3. The molecular weight excluding hydrogens is 589 g/mol. The lowest BCUT2D eigenvalue weighted by Crippen LogP contribution is -2.46. The molecule has 1 aliphatic heterocycles. The van der Waals surface area contributed by atoms with E-state index in [1.807, 2.05) is 0 Å². The van der Waals surface area contributed by atoms with Crippen molar-refractivity contribution in [3.05, 3.63) is 64.6 Å². The minimum Gasteiger partial charge on any atom is -0.350 e. The smallest absolute Gasteiger partial charge is 0.350 e. The number of urea groups is 1. The van der Waals surface area contributed by atoms with Gasteiger partial charge in [0.2, 0.25) is 11.8 Å². The van der Waals surface area contributed by atoms with Gasteiger partial charge in [-0.3, -0.25) is 14.4 Å². The second-order valence-corrected chi connectivity index (χ2v) is 10.1. The maximum absolute atomic E-state index is 14.4. The standard InChI is InChI=1S/C27H25ClF5N5O4/c1-14(39)19-11-37(21-6-5-17(8-18(19)21)36-26(42)35-13-27(31,32)33)12-23(40)38-10-16(29)7-22(38)25(41)34-9-15-3-2-4-20(28)24(15)30/h2-6,8,11,16,22H,7,9-10,12-13H2,1H3,(H,34,41)(H2,35,36,42). The minimum absolute atomic E-state index is 0.0986. The van der Waals surface area contributed by atoms with E-state index in [2.05, 4.69) is 10.6 Å². The number of ketones is 1. The van der Waals surface area contributed by atoms with Crippen LogP contribution in [0.25, 0.3) is 10.9 Å². The molecule has 1 fully saturated rings. The molecule has 2 unspecified atom stereocenters. The third-order valence-electron chi connectivity index (χ3n) is 6.63. The quantitative estimate of drug-likeness (QED) is 0.255. The fourth-order valence-electron chi connectivity index (χ4n) is 4.67. The number of alkyl halides is 4. The number of Topliss-reactive ketones (excluding diaryl/α,β-unsaturated/α-hetero) is 1. The summed E-state index contributed by atoms with van der Waals surface area (Å²) in [5.41, 5.74) is 0.759. The Balaban J connectivity index is 1.49. The number of benzene rings is 2. The van der Waals surface area contributed by atoms with Crippen LogP contribution in [0.15, 0.2) is 42.6 Å². The Morgan fingerprint density at radius 2 is 1.83 bits per heavy atom. The summed E-state index contributed by atoms with van der Waals surface area (Å²) in [5, 5.41) is 6.63. The summed E-state index contributed by atoms with van der Waals surface area (Å²) < 4.78 is 67.1. The van der Waals surface area contributed by atoms with Crippen LogP contribution >= 0.6 is 11.6 Å². The number of hydrogen-bond acceptors (Lipinski definition) is 4. The van der Waals surface area contributed by atoms with Crippen LogP contribution in [0.2, 0.25) is 5.02 Å². The molecule has 1 aromatic heterocycles. The molecule has 0 spiro atoms. The van der Waals surface area contributed by atoms with Crippen molar-refractivity contribution in [3.8, 4) is 0 Å². The SMILES string of the molecule is CC(=O)c1cn(CC(=O)N2CC(F)CC2C(=O)NCc2cccc(Cl)c2F)c2ccc(NC(=O)NCC(F)(F)F)cc12. The average molecular weight is 614 g/mol. The average Bonchev–Trinajstić information content (AvgIpc) is 3.48. The zero-order valence-electron chi connectivity index (χ0n) is 22.0. The van der Waals surface area contributed by atoms with Gasteiger partial charge in [-0.05, 0) is 31.2 Å². The minimum atomic E-state index is -4.60. The lowest BCUT2D eigenvalue weighted by atomic mass is 10.1. The van der Waals surface area contributed by atoms with E-state index in [4.69, 9.17) is 11.6 Å². The van der Waals surface area contributed by atoms with E-state index in [0.717, 1.165) is 4.90 Å². The van der Waals surface area contributed by atoms with Crippen molar-refractivity contribution in [1.82, 2.24) is 20.1 Å². The largest absolute Gasteiger partial charge is 0.405 e. The molecule has 0 aliphatic carbocycles. The molecule has 2 atom stereocenters. The van der Waals surface area contributed by atoms with Gasteiger partial charge in [0.25, 0.3) is 0 Å².